The topological polar surface area (TPSA) is 105 Å². The number of unbranched alkanes of at least 4 members (excludes halogenated alkanes) is 17. The molecule has 0 aromatic rings. The fourth-order valence-corrected chi connectivity index (χ4v) is 8.39. The van der Waals surface area contributed by atoms with Gasteiger partial charge in [-0.2, -0.15) is 0 Å². The molecule has 3 unspecified atom stereocenters. The fourth-order valence-electron chi connectivity index (χ4n) is 7.65. The quantitative estimate of drug-likeness (QED) is 0.0243. The molecule has 0 aromatic heterocycles. The number of allylic oxidation sites excluding steroid dienone is 23. The number of nitrogens with one attached hydrogen (secondary N) is 1. The van der Waals surface area contributed by atoms with Crippen LogP contribution in [0.25, 0.3) is 0 Å². The summed E-state index contributed by atoms with van der Waals surface area (Å²) in [6, 6.07) is -0.880. The molecule has 0 radical (unpaired) electrons. The van der Waals surface area contributed by atoms with Gasteiger partial charge >= 0.3 is 7.82 Å². The third-order valence-electron chi connectivity index (χ3n) is 12.3. The monoisotopic (exact) mass is 1060 g/mol. The molecule has 0 bridgehead atoms. The van der Waals surface area contributed by atoms with Crippen LogP contribution in [0.1, 0.15) is 213 Å². The van der Waals surface area contributed by atoms with Crippen molar-refractivity contribution in [3.05, 3.63) is 146 Å². The van der Waals surface area contributed by atoms with E-state index in [1.54, 1.807) is 6.08 Å². The average Bonchev–Trinajstić information content (AvgIpc) is 3.37. The van der Waals surface area contributed by atoms with Crippen LogP contribution in [-0.4, -0.2) is 73.4 Å². The smallest absolute Gasteiger partial charge is 0.387 e. The molecule has 8 nitrogen and oxygen atoms in total. The van der Waals surface area contributed by atoms with Crippen LogP contribution in [0, 0.1) is 0 Å². The van der Waals surface area contributed by atoms with E-state index in [0.29, 0.717) is 17.4 Å². The number of aliphatic hydroxyl groups excluding tert-OH is 1. The summed E-state index contributed by atoms with van der Waals surface area (Å²) in [6.07, 6.45) is 85.3. The predicted octanol–water partition coefficient (Wildman–Crippen LogP) is 18.5. The van der Waals surface area contributed by atoms with E-state index in [2.05, 4.69) is 153 Å². The molecule has 9 heteroatoms. The van der Waals surface area contributed by atoms with E-state index in [0.717, 1.165) is 116 Å². The molecule has 0 saturated heterocycles. The maximum atomic E-state index is 13.0. The summed E-state index contributed by atoms with van der Waals surface area (Å²) in [4.78, 5) is 23.3. The lowest BCUT2D eigenvalue weighted by Crippen LogP contribution is -2.45. The number of likely N-dealkylation sites (N-methyl/N-ethyl adjacent to an activating group) is 1. The summed E-state index contributed by atoms with van der Waals surface area (Å²) in [5.74, 6) is -0.201. The number of hydrogen-bond donors (Lipinski definition) is 3. The minimum absolute atomic E-state index is 0.0461. The van der Waals surface area contributed by atoms with Gasteiger partial charge in [0.2, 0.25) is 5.91 Å². The highest BCUT2D eigenvalue weighted by atomic mass is 31.2. The minimum atomic E-state index is -4.37. The molecule has 426 valence electrons. The van der Waals surface area contributed by atoms with Gasteiger partial charge in [-0.1, -0.05) is 237 Å². The number of amides is 1. The van der Waals surface area contributed by atoms with Crippen molar-refractivity contribution in [3.8, 4) is 0 Å². The molecule has 0 fully saturated rings. The van der Waals surface area contributed by atoms with Crippen molar-refractivity contribution in [2.24, 2.45) is 0 Å². The van der Waals surface area contributed by atoms with Crippen LogP contribution in [0.15, 0.2) is 146 Å². The van der Waals surface area contributed by atoms with Gasteiger partial charge < -0.3 is 19.8 Å². The summed E-state index contributed by atoms with van der Waals surface area (Å²) in [6.45, 7) is 4.62. The molecule has 0 aliphatic heterocycles. The predicted molar refractivity (Wildman–Crippen MR) is 327 cm³/mol. The highest BCUT2D eigenvalue weighted by Crippen LogP contribution is 2.43. The van der Waals surface area contributed by atoms with E-state index in [4.69, 9.17) is 9.05 Å². The van der Waals surface area contributed by atoms with Crippen molar-refractivity contribution in [2.45, 2.75) is 225 Å². The van der Waals surface area contributed by atoms with Crippen LogP contribution in [0.3, 0.4) is 0 Å². The number of phosphoric ester groups is 1. The molecule has 75 heavy (non-hydrogen) atoms. The summed E-state index contributed by atoms with van der Waals surface area (Å²) in [5.41, 5.74) is 0. The van der Waals surface area contributed by atoms with Crippen molar-refractivity contribution in [1.82, 2.24) is 5.32 Å². The summed E-state index contributed by atoms with van der Waals surface area (Å²) >= 11 is 0. The van der Waals surface area contributed by atoms with Crippen molar-refractivity contribution >= 4 is 13.7 Å². The summed E-state index contributed by atoms with van der Waals surface area (Å²) < 4.78 is 23.6. The first-order valence-corrected chi connectivity index (χ1v) is 31.2. The summed E-state index contributed by atoms with van der Waals surface area (Å²) in [5, 5.41) is 13.9. The number of hydrogen-bond acceptors (Lipinski definition) is 5. The van der Waals surface area contributed by atoms with Crippen molar-refractivity contribution in [3.63, 3.8) is 0 Å². The van der Waals surface area contributed by atoms with Crippen molar-refractivity contribution in [1.29, 1.82) is 0 Å². The van der Waals surface area contributed by atoms with Crippen molar-refractivity contribution in [2.75, 3.05) is 40.9 Å². The van der Waals surface area contributed by atoms with Gasteiger partial charge in [-0.05, 0) is 116 Å². The Kier molecular flexibility index (Phi) is 52.5. The fraction of sp³-hybridized carbons (Fsp3) is 0.621. The Balaban J connectivity index is 4.13. The highest BCUT2D eigenvalue weighted by Gasteiger charge is 2.27. The van der Waals surface area contributed by atoms with Crippen LogP contribution >= 0.6 is 7.82 Å². The van der Waals surface area contributed by atoms with E-state index in [1.165, 1.54) is 77.0 Å². The van der Waals surface area contributed by atoms with E-state index in [1.807, 2.05) is 27.2 Å². The number of phosphoric acid groups is 1. The first-order valence-electron chi connectivity index (χ1n) is 29.7. The van der Waals surface area contributed by atoms with E-state index >= 15 is 0 Å². The summed E-state index contributed by atoms with van der Waals surface area (Å²) in [7, 11) is 1.52. The lowest BCUT2D eigenvalue weighted by Gasteiger charge is -2.25. The highest BCUT2D eigenvalue weighted by molar-refractivity contribution is 7.47. The zero-order valence-electron chi connectivity index (χ0n) is 48.5. The third-order valence-corrected chi connectivity index (χ3v) is 13.3. The Labute approximate surface area is 461 Å². The van der Waals surface area contributed by atoms with Gasteiger partial charge in [-0.25, -0.2) is 4.57 Å². The Morgan fingerprint density at radius 2 is 0.813 bits per heavy atom. The van der Waals surface area contributed by atoms with Gasteiger partial charge in [0.1, 0.15) is 13.2 Å². The first-order chi connectivity index (χ1) is 36.5. The number of nitrogens with zero attached hydrogens (tertiary/aromatic N) is 1. The van der Waals surface area contributed by atoms with E-state index in [9.17, 15) is 19.4 Å². The molecule has 0 aromatic carbocycles. The second kappa shape index (κ2) is 55.1. The molecule has 0 heterocycles. The van der Waals surface area contributed by atoms with Gasteiger partial charge in [0.15, 0.2) is 0 Å². The van der Waals surface area contributed by atoms with Crippen LogP contribution < -0.4 is 5.32 Å². The third kappa shape index (κ3) is 57.9. The van der Waals surface area contributed by atoms with Crippen molar-refractivity contribution < 1.29 is 32.9 Å². The van der Waals surface area contributed by atoms with Crippen LogP contribution in [0.5, 0.6) is 0 Å². The molecular weight excluding hydrogens is 948 g/mol. The van der Waals surface area contributed by atoms with Gasteiger partial charge in [-0.3, -0.25) is 13.8 Å². The lowest BCUT2D eigenvalue weighted by molar-refractivity contribution is -0.870. The molecular formula is C66H112N2O6P+. The second-order valence-corrected chi connectivity index (χ2v) is 22.1. The molecule has 0 saturated carbocycles. The molecule has 0 aliphatic carbocycles. The molecule has 0 spiro atoms. The first kappa shape index (κ1) is 71.4. The maximum Gasteiger partial charge on any atom is 0.472 e. The van der Waals surface area contributed by atoms with Crippen LogP contribution in [-0.2, 0) is 18.4 Å². The van der Waals surface area contributed by atoms with Gasteiger partial charge in [0, 0.05) is 6.42 Å². The molecule has 0 aliphatic rings. The number of carbonyl (C=O) groups excluding carboxylic acids is 1. The Hall–Kier alpha value is -3.62. The minimum Gasteiger partial charge on any atom is -0.387 e. The zero-order chi connectivity index (χ0) is 54.9. The van der Waals surface area contributed by atoms with Gasteiger partial charge in [-0.15, -0.1) is 0 Å². The standard InChI is InChI=1S/C66H111N2O6P/c1-6-8-10-12-14-16-18-20-22-23-24-25-26-27-28-29-30-31-32-33-34-35-36-37-38-39-40-41-42-43-44-45-46-48-50-52-54-56-58-60-66(70)67-64(63-74-75(71,72)73-62-61-68(3,4)5)65(69)59-57-55-53-51-49-47-21-19-17-15-13-11-9-7-2/h8,10,14,16-17,19-20,22,24-25,27-28,30-31,33-34,36-37,39-40,49,51,57,59,64-65,69H,6-7,9,11-13,15,18,21,23,26,29,32,35,38,41-48,50,52-56,58,60-63H2,1-5H3,(H-,67,70,71,72)/p+1/b10-8-,16-14-,19-17+,22-20-,25-24-,28-27-,31-30-,34-33-,37-36-,40-39-,51-49+,59-57+. The number of aliphatic hydroxyl groups is 1. The molecule has 0 rings (SSSR count). The van der Waals surface area contributed by atoms with Crippen LogP contribution in [0.4, 0.5) is 0 Å². The Bertz CT molecular complexity index is 1720. The van der Waals surface area contributed by atoms with E-state index < -0.39 is 20.0 Å². The van der Waals surface area contributed by atoms with Gasteiger partial charge in [0.25, 0.3) is 0 Å². The number of rotatable bonds is 52. The Morgan fingerprint density at radius 1 is 0.467 bits per heavy atom. The zero-order valence-corrected chi connectivity index (χ0v) is 49.4. The SMILES string of the molecule is CC/C=C\C/C=C\C/C=C\C/C=C\C/C=C\C/C=C\C/C=C\C/C=C\C/C=C\CCCCCCCCCCCCCC(=O)NC(COP(=O)(O)OCC[N+](C)(C)C)C(O)/C=C/CC/C=C/CC/C=C/CCCCCC. The second-order valence-electron chi connectivity index (χ2n) is 20.6. The molecule has 1 amide bonds. The lowest BCUT2D eigenvalue weighted by atomic mass is 10.0. The van der Waals surface area contributed by atoms with Crippen LogP contribution in [0.2, 0.25) is 0 Å². The normalized spacial score (nSPS) is 14.9. The maximum absolute atomic E-state index is 13.0. The molecule has 3 N–H and O–H groups in total. The van der Waals surface area contributed by atoms with Gasteiger partial charge in [0.05, 0.1) is 39.9 Å². The average molecular weight is 1060 g/mol. The van der Waals surface area contributed by atoms with E-state index in [-0.39, 0.29) is 19.1 Å². The molecule has 3 atom stereocenters. The number of quaternary nitrogens is 1. The Morgan fingerprint density at radius 3 is 1.23 bits per heavy atom. The number of carbonyl (C=O) groups is 1. The largest absolute Gasteiger partial charge is 0.472 e.